The number of ether oxygens (including phenoxy) is 2. The number of fused-ring (bicyclic) bond motifs is 1. The molecule has 1 N–H and O–H groups in total. The van der Waals surface area contributed by atoms with Crippen LogP contribution < -0.4 is 5.43 Å². The molecule has 3 atom stereocenters. The van der Waals surface area contributed by atoms with E-state index in [4.69, 9.17) is 13.9 Å². The lowest BCUT2D eigenvalue weighted by Gasteiger charge is -2.44. The molecule has 2 aliphatic heterocycles. The van der Waals surface area contributed by atoms with E-state index in [1.807, 2.05) is 0 Å². The summed E-state index contributed by atoms with van der Waals surface area (Å²) in [5.74, 6) is -1.45. The number of carbonyl (C=O) groups is 2. The van der Waals surface area contributed by atoms with Crippen molar-refractivity contribution in [1.29, 1.82) is 0 Å². The predicted octanol–water partition coefficient (Wildman–Crippen LogP) is 1.79. The van der Waals surface area contributed by atoms with Gasteiger partial charge in [0.1, 0.15) is 6.10 Å². The van der Waals surface area contributed by atoms with E-state index in [2.05, 4.69) is 39.3 Å². The Labute approximate surface area is 145 Å². The zero-order chi connectivity index (χ0) is 18.5. The van der Waals surface area contributed by atoms with Crippen LogP contribution in [0.15, 0.2) is 0 Å². The number of piperidine rings is 1. The molecule has 2 rings (SSSR count). The van der Waals surface area contributed by atoms with Crippen molar-refractivity contribution in [3.8, 4) is 0 Å². The van der Waals surface area contributed by atoms with E-state index in [-0.39, 0.29) is 29.5 Å². The molecule has 0 saturated carbocycles. The van der Waals surface area contributed by atoms with Crippen LogP contribution in [0.5, 0.6) is 0 Å². The number of rotatable bonds is 3. The second-order valence-corrected chi connectivity index (χ2v) is 13.3. The van der Waals surface area contributed by atoms with Gasteiger partial charge in [-0.3, -0.25) is 15.0 Å². The number of carbonyl (C=O) groups excluding carboxylic acids is 2. The van der Waals surface area contributed by atoms with Crippen molar-refractivity contribution in [2.75, 3.05) is 6.54 Å². The van der Waals surface area contributed by atoms with Gasteiger partial charge in [0.15, 0.2) is 20.2 Å². The van der Waals surface area contributed by atoms with Crippen LogP contribution >= 0.6 is 0 Å². The van der Waals surface area contributed by atoms with E-state index in [0.717, 1.165) is 0 Å². The lowest BCUT2D eigenvalue weighted by molar-refractivity contribution is -0.163. The molecule has 0 aromatic carbocycles. The smallest absolute Gasteiger partial charge is 0.273 e. The molecule has 7 nitrogen and oxygen atoms in total. The normalized spacial score (nSPS) is 30.2. The van der Waals surface area contributed by atoms with E-state index in [1.165, 1.54) is 11.9 Å². The Bertz CT molecular complexity index is 529. The average Bonchev–Trinajstić information content (AvgIpc) is 2.69. The Hall–Kier alpha value is -0.963. The lowest BCUT2D eigenvalue weighted by atomic mass is 10.0. The van der Waals surface area contributed by atoms with Crippen LogP contribution in [-0.4, -0.2) is 55.8 Å². The predicted molar refractivity (Wildman–Crippen MR) is 91.4 cm³/mol. The van der Waals surface area contributed by atoms with Crippen molar-refractivity contribution in [3.63, 3.8) is 0 Å². The zero-order valence-corrected chi connectivity index (χ0v) is 16.9. The maximum Gasteiger partial charge on any atom is 0.273 e. The quantitative estimate of drug-likeness (QED) is 0.778. The number of amides is 2. The van der Waals surface area contributed by atoms with Gasteiger partial charge < -0.3 is 13.9 Å². The molecule has 0 spiro atoms. The molecule has 2 amide bonds. The van der Waals surface area contributed by atoms with Crippen molar-refractivity contribution >= 4 is 20.1 Å². The van der Waals surface area contributed by atoms with Gasteiger partial charge in [-0.15, -0.1) is 0 Å². The molecule has 0 unspecified atom stereocenters. The van der Waals surface area contributed by atoms with Crippen LogP contribution in [0.4, 0.5) is 0 Å². The summed E-state index contributed by atoms with van der Waals surface area (Å²) in [5.41, 5.74) is 2.57. The van der Waals surface area contributed by atoms with Crippen LogP contribution in [0.25, 0.3) is 0 Å². The molecule has 2 saturated heterocycles. The summed E-state index contributed by atoms with van der Waals surface area (Å²) in [5, 5.41) is 1.32. The highest BCUT2D eigenvalue weighted by Crippen LogP contribution is 2.41. The molecule has 0 aliphatic carbocycles. The second kappa shape index (κ2) is 6.08. The number of hydrogen-bond donors (Lipinski definition) is 1. The Kier molecular flexibility index (Phi) is 4.91. The molecule has 0 bridgehead atoms. The van der Waals surface area contributed by atoms with Crippen molar-refractivity contribution in [2.45, 2.75) is 83.8 Å². The van der Waals surface area contributed by atoms with Gasteiger partial charge in [-0.1, -0.05) is 20.8 Å². The Morgan fingerprint density at radius 1 is 1.33 bits per heavy atom. The monoisotopic (exact) mass is 358 g/mol. The molecule has 0 radical (unpaired) electrons. The summed E-state index contributed by atoms with van der Waals surface area (Å²) >= 11 is 0. The van der Waals surface area contributed by atoms with Gasteiger partial charge in [-0.25, -0.2) is 5.01 Å². The van der Waals surface area contributed by atoms with Crippen LogP contribution in [0.1, 0.15) is 41.5 Å². The highest BCUT2D eigenvalue weighted by molar-refractivity contribution is 6.74. The zero-order valence-electron chi connectivity index (χ0n) is 15.9. The van der Waals surface area contributed by atoms with Crippen LogP contribution in [0.3, 0.4) is 0 Å². The fourth-order valence-electron chi connectivity index (χ4n) is 2.73. The van der Waals surface area contributed by atoms with E-state index in [1.54, 1.807) is 13.8 Å². The Morgan fingerprint density at radius 2 is 1.92 bits per heavy atom. The van der Waals surface area contributed by atoms with E-state index in [9.17, 15) is 9.59 Å². The van der Waals surface area contributed by atoms with Gasteiger partial charge in [0.25, 0.3) is 5.91 Å². The third-order valence-electron chi connectivity index (χ3n) is 4.91. The van der Waals surface area contributed by atoms with E-state index >= 15 is 0 Å². The number of hydrazine groups is 1. The fraction of sp³-hybridized carbons (Fsp3) is 0.875. The lowest BCUT2D eigenvalue weighted by Crippen LogP contribution is -2.64. The molecule has 2 heterocycles. The minimum atomic E-state index is -2.08. The van der Waals surface area contributed by atoms with Gasteiger partial charge in [0.2, 0.25) is 5.91 Å². The molecule has 0 aromatic rings. The van der Waals surface area contributed by atoms with Crippen molar-refractivity contribution in [2.24, 2.45) is 0 Å². The number of hydrogen-bond acceptors (Lipinski definition) is 5. The van der Waals surface area contributed by atoms with Gasteiger partial charge >= 0.3 is 0 Å². The molecule has 2 aliphatic rings. The third-order valence-corrected chi connectivity index (χ3v) is 9.42. The highest BCUT2D eigenvalue weighted by Gasteiger charge is 2.56. The second-order valence-electron chi connectivity index (χ2n) is 8.55. The standard InChI is InChI=1S/C16H30N2O5Si/c1-10(19)17-18-9-11(23-24(7,8)15(2,3)4)12-13(14(18)20)22-16(5,6)21-12/h11-13H,9H2,1-8H3,(H,17,19)/t11-,12+,13+/m1/s1. The van der Waals surface area contributed by atoms with Gasteiger partial charge in [-0.2, -0.15) is 0 Å². The Morgan fingerprint density at radius 3 is 2.42 bits per heavy atom. The molecule has 24 heavy (non-hydrogen) atoms. The van der Waals surface area contributed by atoms with Gasteiger partial charge in [0.05, 0.1) is 12.6 Å². The molecule has 8 heteroatoms. The van der Waals surface area contributed by atoms with Crippen molar-refractivity contribution < 1.29 is 23.5 Å². The van der Waals surface area contributed by atoms with Crippen molar-refractivity contribution in [3.05, 3.63) is 0 Å². The molecule has 2 fully saturated rings. The van der Waals surface area contributed by atoms with Gasteiger partial charge in [0, 0.05) is 6.92 Å². The first-order valence-corrected chi connectivity index (χ1v) is 11.3. The molecular weight excluding hydrogens is 328 g/mol. The SMILES string of the molecule is CC(=O)NN1C[C@@H](O[Si](C)(C)C(C)(C)C)[C@@H]2OC(C)(C)O[C@@H]2C1=O. The topological polar surface area (TPSA) is 77.1 Å². The van der Waals surface area contributed by atoms with Crippen molar-refractivity contribution in [1.82, 2.24) is 10.4 Å². The summed E-state index contributed by atoms with van der Waals surface area (Å²) in [4.78, 5) is 24.0. The Balaban J connectivity index is 2.27. The maximum absolute atomic E-state index is 12.6. The first-order valence-electron chi connectivity index (χ1n) is 8.35. The first-order chi connectivity index (χ1) is 10.7. The summed E-state index contributed by atoms with van der Waals surface area (Å²) in [6, 6.07) is 0. The number of nitrogens with one attached hydrogen (secondary N) is 1. The minimum Gasteiger partial charge on any atom is -0.409 e. The largest absolute Gasteiger partial charge is 0.409 e. The molecule has 0 aromatic heterocycles. The molecular formula is C16H30N2O5Si. The van der Waals surface area contributed by atoms with Gasteiger partial charge in [-0.05, 0) is 32.0 Å². The average molecular weight is 359 g/mol. The highest BCUT2D eigenvalue weighted by atomic mass is 28.4. The number of nitrogens with zero attached hydrogens (tertiary/aromatic N) is 1. The van der Waals surface area contributed by atoms with Crippen LogP contribution in [0, 0.1) is 0 Å². The fourth-order valence-corrected chi connectivity index (χ4v) is 4.05. The van der Waals surface area contributed by atoms with E-state index < -0.39 is 26.3 Å². The first kappa shape index (κ1) is 19.4. The van der Waals surface area contributed by atoms with Crippen LogP contribution in [0.2, 0.25) is 18.1 Å². The summed E-state index contributed by atoms with van der Waals surface area (Å²) in [7, 11) is -2.08. The maximum atomic E-state index is 12.6. The van der Waals surface area contributed by atoms with Crippen LogP contribution in [-0.2, 0) is 23.5 Å². The summed E-state index contributed by atoms with van der Waals surface area (Å²) < 4.78 is 18.2. The minimum absolute atomic E-state index is 0.0256. The molecule has 138 valence electrons. The van der Waals surface area contributed by atoms with E-state index in [0.29, 0.717) is 0 Å². The summed E-state index contributed by atoms with van der Waals surface area (Å²) in [6.45, 7) is 16.0. The third kappa shape index (κ3) is 3.82. The summed E-state index contributed by atoms with van der Waals surface area (Å²) in [6.07, 6.45) is -1.58.